The number of rotatable bonds is 4. The summed E-state index contributed by atoms with van der Waals surface area (Å²) in [6.07, 6.45) is 12.2. The average Bonchev–Trinajstić information content (AvgIpc) is 3.15. The summed E-state index contributed by atoms with van der Waals surface area (Å²) < 4.78 is 0. The molecule has 2 N–H and O–H groups in total. The van der Waals surface area contributed by atoms with E-state index in [-0.39, 0.29) is 23.7 Å². The van der Waals surface area contributed by atoms with Gasteiger partial charge in [0.15, 0.2) is 0 Å². The molecule has 0 radical (unpaired) electrons. The highest BCUT2D eigenvalue weighted by atomic mass is 35.5. The monoisotopic (exact) mass is 437 g/mol. The summed E-state index contributed by atoms with van der Waals surface area (Å²) >= 11 is 0. The van der Waals surface area contributed by atoms with Gasteiger partial charge in [0.25, 0.3) is 5.91 Å². The number of carbonyl (C=O) groups is 2. The topological polar surface area (TPSA) is 82.5 Å². The van der Waals surface area contributed by atoms with Crippen LogP contribution >= 0.6 is 12.4 Å². The Labute approximate surface area is 187 Å². The van der Waals surface area contributed by atoms with E-state index in [0.717, 1.165) is 12.8 Å². The van der Waals surface area contributed by atoms with Crippen LogP contribution in [-0.4, -0.2) is 40.0 Å². The molecule has 0 bridgehead atoms. The number of benzene rings is 1. The van der Waals surface area contributed by atoms with Gasteiger partial charge in [-0.15, -0.1) is 12.4 Å². The Kier molecular flexibility index (Phi) is 7.05. The zero-order valence-electron chi connectivity index (χ0n) is 16.9. The highest BCUT2D eigenvalue weighted by Crippen LogP contribution is 2.43. The van der Waals surface area contributed by atoms with Gasteiger partial charge in [-0.05, 0) is 48.3 Å². The van der Waals surface area contributed by atoms with Crippen LogP contribution in [0.2, 0.25) is 0 Å². The third kappa shape index (κ3) is 4.93. The lowest BCUT2D eigenvalue weighted by Gasteiger charge is -2.39. The predicted octanol–water partition coefficient (Wildman–Crippen LogP) is 3.62. The molecule has 1 fully saturated rings. The molecule has 2 aliphatic rings. The molecule has 0 saturated carbocycles. The van der Waals surface area contributed by atoms with Gasteiger partial charge in [-0.2, -0.15) is 0 Å². The summed E-state index contributed by atoms with van der Waals surface area (Å²) in [5.74, 6) is -0.655. The molecule has 2 amide bonds. The predicted molar refractivity (Wildman–Crippen MR) is 122 cm³/mol. The van der Waals surface area contributed by atoms with E-state index in [0.29, 0.717) is 24.5 Å². The van der Waals surface area contributed by atoms with E-state index in [4.69, 9.17) is 5.21 Å². The number of allylic oxidation sites excluding steroid dienone is 1. The van der Waals surface area contributed by atoms with Gasteiger partial charge in [0, 0.05) is 30.7 Å². The first-order chi connectivity index (χ1) is 14.6. The summed E-state index contributed by atoms with van der Waals surface area (Å²) in [5, 5.41) is 8.52. The Morgan fingerprint density at radius 1 is 1.00 bits per heavy atom. The quantitative estimate of drug-likeness (QED) is 0.434. The van der Waals surface area contributed by atoms with Crippen LogP contribution in [0.4, 0.5) is 0 Å². The Morgan fingerprint density at radius 2 is 1.68 bits per heavy atom. The van der Waals surface area contributed by atoms with Gasteiger partial charge in [0.05, 0.1) is 11.4 Å². The zero-order valence-corrected chi connectivity index (χ0v) is 17.7. The van der Waals surface area contributed by atoms with Crippen molar-refractivity contribution < 1.29 is 14.8 Å². The second-order valence-electron chi connectivity index (χ2n) is 7.53. The molecule has 160 valence electrons. The first-order valence-electron chi connectivity index (χ1n) is 9.95. The van der Waals surface area contributed by atoms with Crippen LogP contribution in [0.5, 0.6) is 0 Å². The SMILES string of the molecule is Cl.O=C(/C=C/c1cccc(/C=C/C(=O)N2CCC3(C=Cc4ccccc43)CC2)n1)NO. The maximum atomic E-state index is 12.7. The number of aromatic nitrogens is 1. The second-order valence-corrected chi connectivity index (χ2v) is 7.53. The summed E-state index contributed by atoms with van der Waals surface area (Å²) in [6.45, 7) is 1.43. The molecular formula is C24H24ClN3O3. The number of likely N-dealkylation sites (tertiary alicyclic amines) is 1. The van der Waals surface area contributed by atoms with Crippen molar-refractivity contribution in [1.82, 2.24) is 15.4 Å². The minimum atomic E-state index is -0.629. The van der Waals surface area contributed by atoms with Crippen LogP contribution in [0.25, 0.3) is 18.2 Å². The Bertz CT molecular complexity index is 1050. The fourth-order valence-electron chi connectivity index (χ4n) is 4.11. The van der Waals surface area contributed by atoms with Gasteiger partial charge in [0.2, 0.25) is 5.91 Å². The zero-order chi connectivity index (χ0) is 21.0. The highest BCUT2D eigenvalue weighted by Gasteiger charge is 2.38. The number of nitrogens with zero attached hydrogens (tertiary/aromatic N) is 2. The van der Waals surface area contributed by atoms with Crippen molar-refractivity contribution in [3.63, 3.8) is 0 Å². The lowest BCUT2D eigenvalue weighted by molar-refractivity contribution is -0.127. The second kappa shape index (κ2) is 9.73. The van der Waals surface area contributed by atoms with Crippen LogP contribution in [0.3, 0.4) is 0 Å². The third-order valence-corrected chi connectivity index (χ3v) is 5.75. The van der Waals surface area contributed by atoms with Crippen LogP contribution in [0.15, 0.2) is 60.7 Å². The maximum Gasteiger partial charge on any atom is 0.267 e. The van der Waals surface area contributed by atoms with Gasteiger partial charge in [0.1, 0.15) is 0 Å². The van der Waals surface area contributed by atoms with E-state index in [1.165, 1.54) is 28.8 Å². The van der Waals surface area contributed by atoms with E-state index in [1.807, 2.05) is 4.90 Å². The minimum absolute atomic E-state index is 0. The van der Waals surface area contributed by atoms with E-state index in [1.54, 1.807) is 30.4 Å². The van der Waals surface area contributed by atoms with E-state index < -0.39 is 5.91 Å². The van der Waals surface area contributed by atoms with E-state index in [9.17, 15) is 9.59 Å². The number of hydrogen-bond acceptors (Lipinski definition) is 4. The molecule has 0 atom stereocenters. The van der Waals surface area contributed by atoms with Crippen LogP contribution in [0, 0.1) is 0 Å². The molecular weight excluding hydrogens is 414 g/mol. The van der Waals surface area contributed by atoms with Crippen molar-refractivity contribution in [3.8, 4) is 0 Å². The molecule has 1 aliphatic heterocycles. The average molecular weight is 438 g/mol. The molecule has 31 heavy (non-hydrogen) atoms. The molecule has 6 nitrogen and oxygen atoms in total. The van der Waals surface area contributed by atoms with Gasteiger partial charge in [-0.3, -0.25) is 14.8 Å². The molecule has 1 aromatic heterocycles. The highest BCUT2D eigenvalue weighted by molar-refractivity contribution is 5.92. The molecule has 1 spiro atoms. The third-order valence-electron chi connectivity index (χ3n) is 5.75. The largest absolute Gasteiger partial charge is 0.339 e. The summed E-state index contributed by atoms with van der Waals surface area (Å²) in [7, 11) is 0. The van der Waals surface area contributed by atoms with Crippen molar-refractivity contribution in [2.45, 2.75) is 18.3 Å². The normalized spacial score (nSPS) is 16.5. The smallest absolute Gasteiger partial charge is 0.267 e. The maximum absolute atomic E-state index is 12.7. The van der Waals surface area contributed by atoms with Gasteiger partial charge in [-0.25, -0.2) is 10.5 Å². The lowest BCUT2D eigenvalue weighted by Crippen LogP contribution is -2.43. The van der Waals surface area contributed by atoms with Crippen LogP contribution in [-0.2, 0) is 15.0 Å². The molecule has 2 heterocycles. The van der Waals surface area contributed by atoms with E-state index >= 15 is 0 Å². The number of piperidine rings is 1. The molecule has 0 unspecified atom stereocenters. The number of amides is 2. The first-order valence-corrected chi connectivity index (χ1v) is 9.95. The van der Waals surface area contributed by atoms with Crippen molar-refractivity contribution in [2.24, 2.45) is 0 Å². The number of halogens is 1. The number of pyridine rings is 1. The van der Waals surface area contributed by atoms with Crippen LogP contribution < -0.4 is 5.48 Å². The number of hydroxylamine groups is 1. The number of hydrogen-bond donors (Lipinski definition) is 2. The molecule has 7 heteroatoms. The number of carbonyl (C=O) groups excluding carboxylic acids is 2. The van der Waals surface area contributed by atoms with Crippen molar-refractivity contribution >= 4 is 42.4 Å². The molecule has 1 aliphatic carbocycles. The van der Waals surface area contributed by atoms with Crippen molar-refractivity contribution in [1.29, 1.82) is 0 Å². The Morgan fingerprint density at radius 3 is 2.39 bits per heavy atom. The molecule has 4 rings (SSSR count). The van der Waals surface area contributed by atoms with Crippen molar-refractivity contribution in [2.75, 3.05) is 13.1 Å². The van der Waals surface area contributed by atoms with E-state index in [2.05, 4.69) is 41.4 Å². The molecule has 2 aromatic rings. The minimum Gasteiger partial charge on any atom is -0.339 e. The Hall–Kier alpha value is -3.22. The molecule has 1 aromatic carbocycles. The summed E-state index contributed by atoms with van der Waals surface area (Å²) in [4.78, 5) is 30.0. The van der Waals surface area contributed by atoms with Crippen molar-refractivity contribution in [3.05, 3.63) is 83.2 Å². The number of nitrogens with one attached hydrogen (secondary N) is 1. The fraction of sp³-hybridized carbons (Fsp3) is 0.208. The summed E-state index contributed by atoms with van der Waals surface area (Å²) in [6, 6.07) is 13.8. The van der Waals surface area contributed by atoms with Gasteiger partial charge < -0.3 is 4.90 Å². The van der Waals surface area contributed by atoms with Gasteiger partial charge in [-0.1, -0.05) is 42.5 Å². The Balaban J connectivity index is 0.00000272. The van der Waals surface area contributed by atoms with Crippen LogP contribution in [0.1, 0.15) is 35.4 Å². The molecule has 1 saturated heterocycles. The first kappa shape index (κ1) is 22.5. The standard InChI is InChI=1S/C24H23N3O3.ClH/c28-22(26-30)10-8-19-5-3-6-20(25-19)9-11-23(29)27-16-14-24(15-17-27)13-12-18-4-1-2-7-21(18)24;/h1-13,30H,14-17H2,(H,26,28);1H/b10-8+,11-9+;. The summed E-state index contributed by atoms with van der Waals surface area (Å²) in [5.41, 5.74) is 5.42. The fourth-order valence-corrected chi connectivity index (χ4v) is 4.11. The van der Waals surface area contributed by atoms with Gasteiger partial charge >= 0.3 is 0 Å². The number of fused-ring (bicyclic) bond motifs is 2. The lowest BCUT2D eigenvalue weighted by atomic mass is 9.74.